The summed E-state index contributed by atoms with van der Waals surface area (Å²) < 4.78 is 0. The summed E-state index contributed by atoms with van der Waals surface area (Å²) in [5.74, 6) is -0.229. The maximum Gasteiger partial charge on any atom is 0.221 e. The second-order valence-corrected chi connectivity index (χ2v) is 4.43. The average Bonchev–Trinajstić information content (AvgIpc) is 2.38. The fraction of sp³-hybridized carbons (Fsp3) is 0.125. The van der Waals surface area contributed by atoms with E-state index in [1.807, 2.05) is 30.3 Å². The van der Waals surface area contributed by atoms with Crippen LogP contribution in [0.3, 0.4) is 0 Å². The summed E-state index contributed by atoms with van der Waals surface area (Å²) in [4.78, 5) is 22.1. The SMILES string of the molecule is CC(=O)Nc1cc[c]c(-c2cccc(NC(C)=O)c2)c1. The Labute approximate surface area is 117 Å². The topological polar surface area (TPSA) is 58.2 Å². The van der Waals surface area contributed by atoms with Gasteiger partial charge < -0.3 is 10.6 Å². The first kappa shape index (κ1) is 13.8. The highest BCUT2D eigenvalue weighted by Crippen LogP contribution is 2.24. The zero-order chi connectivity index (χ0) is 14.5. The number of hydrogen-bond donors (Lipinski definition) is 2. The molecule has 0 aliphatic heterocycles. The van der Waals surface area contributed by atoms with E-state index in [0.717, 1.165) is 22.5 Å². The minimum Gasteiger partial charge on any atom is -0.326 e. The minimum atomic E-state index is -0.117. The van der Waals surface area contributed by atoms with Crippen molar-refractivity contribution in [3.05, 3.63) is 48.5 Å². The number of benzene rings is 2. The number of carbonyl (C=O) groups is 2. The molecule has 4 nitrogen and oxygen atoms in total. The first-order valence-electron chi connectivity index (χ1n) is 6.22. The smallest absolute Gasteiger partial charge is 0.221 e. The molecule has 0 aromatic heterocycles. The molecule has 1 radical (unpaired) electrons. The van der Waals surface area contributed by atoms with Gasteiger partial charge in [0, 0.05) is 25.2 Å². The van der Waals surface area contributed by atoms with Crippen LogP contribution in [0.5, 0.6) is 0 Å². The first-order chi connectivity index (χ1) is 9.54. The van der Waals surface area contributed by atoms with Crippen molar-refractivity contribution in [2.24, 2.45) is 0 Å². The monoisotopic (exact) mass is 267 g/mol. The quantitative estimate of drug-likeness (QED) is 0.897. The largest absolute Gasteiger partial charge is 0.326 e. The van der Waals surface area contributed by atoms with Gasteiger partial charge in [0.15, 0.2) is 0 Å². The fourth-order valence-electron chi connectivity index (χ4n) is 1.88. The first-order valence-corrected chi connectivity index (χ1v) is 6.22. The summed E-state index contributed by atoms with van der Waals surface area (Å²) in [6, 6.07) is 16.0. The predicted molar refractivity (Wildman–Crippen MR) is 79.3 cm³/mol. The molecule has 0 unspecified atom stereocenters. The number of amides is 2. The van der Waals surface area contributed by atoms with Crippen molar-refractivity contribution in [1.82, 2.24) is 0 Å². The third-order valence-electron chi connectivity index (χ3n) is 2.62. The lowest BCUT2D eigenvalue weighted by Crippen LogP contribution is -2.06. The van der Waals surface area contributed by atoms with E-state index in [0.29, 0.717) is 0 Å². The van der Waals surface area contributed by atoms with Crippen LogP contribution in [0.25, 0.3) is 11.1 Å². The molecule has 2 amide bonds. The average molecular weight is 267 g/mol. The Bertz CT molecular complexity index is 593. The van der Waals surface area contributed by atoms with Crippen LogP contribution < -0.4 is 10.6 Å². The van der Waals surface area contributed by atoms with Crippen molar-refractivity contribution in [2.75, 3.05) is 10.6 Å². The summed E-state index contributed by atoms with van der Waals surface area (Å²) in [6.45, 7) is 2.93. The van der Waals surface area contributed by atoms with Crippen LogP contribution in [0.2, 0.25) is 0 Å². The molecule has 2 aromatic rings. The Morgan fingerprint density at radius 1 is 0.950 bits per heavy atom. The summed E-state index contributed by atoms with van der Waals surface area (Å²) in [5, 5.41) is 5.47. The van der Waals surface area contributed by atoms with E-state index in [1.54, 1.807) is 12.1 Å². The lowest BCUT2D eigenvalue weighted by Gasteiger charge is -2.08. The van der Waals surface area contributed by atoms with Gasteiger partial charge in [0.25, 0.3) is 0 Å². The molecule has 20 heavy (non-hydrogen) atoms. The van der Waals surface area contributed by atoms with E-state index in [2.05, 4.69) is 16.7 Å². The van der Waals surface area contributed by atoms with E-state index in [9.17, 15) is 9.59 Å². The predicted octanol–water partition coefficient (Wildman–Crippen LogP) is 3.07. The van der Waals surface area contributed by atoms with Crippen LogP contribution >= 0.6 is 0 Å². The van der Waals surface area contributed by atoms with Gasteiger partial charge in [-0.1, -0.05) is 18.2 Å². The van der Waals surface area contributed by atoms with Gasteiger partial charge >= 0.3 is 0 Å². The standard InChI is InChI=1S/C16H15N2O2/c1-11(19)17-15-7-3-5-13(9-15)14-6-4-8-16(10-14)18-12(2)20/h3-5,7-10H,1-2H3,(H,17,19)(H,18,20). The molecule has 0 saturated carbocycles. The highest BCUT2D eigenvalue weighted by molar-refractivity contribution is 5.91. The van der Waals surface area contributed by atoms with Gasteiger partial charge in [-0.2, -0.15) is 0 Å². The molecule has 0 bridgehead atoms. The van der Waals surface area contributed by atoms with Crippen LogP contribution in [-0.2, 0) is 9.59 Å². The van der Waals surface area contributed by atoms with Crippen molar-refractivity contribution in [1.29, 1.82) is 0 Å². The third-order valence-corrected chi connectivity index (χ3v) is 2.62. The van der Waals surface area contributed by atoms with Crippen molar-refractivity contribution in [3.63, 3.8) is 0 Å². The second-order valence-electron chi connectivity index (χ2n) is 4.43. The Morgan fingerprint density at radius 3 is 2.25 bits per heavy atom. The molecule has 0 saturated heterocycles. The number of hydrogen-bond acceptors (Lipinski definition) is 2. The van der Waals surface area contributed by atoms with Gasteiger partial charge in [-0.25, -0.2) is 0 Å². The summed E-state index contributed by atoms with van der Waals surface area (Å²) in [6.07, 6.45) is 0. The van der Waals surface area contributed by atoms with Gasteiger partial charge in [0.2, 0.25) is 11.8 Å². The fourth-order valence-corrected chi connectivity index (χ4v) is 1.88. The molecule has 101 valence electrons. The molecule has 0 spiro atoms. The lowest BCUT2D eigenvalue weighted by molar-refractivity contribution is -0.115. The van der Waals surface area contributed by atoms with E-state index in [-0.39, 0.29) is 11.8 Å². The van der Waals surface area contributed by atoms with E-state index >= 15 is 0 Å². The van der Waals surface area contributed by atoms with Crippen LogP contribution in [0, 0.1) is 6.07 Å². The molecular weight excluding hydrogens is 252 g/mol. The lowest BCUT2D eigenvalue weighted by atomic mass is 10.0. The van der Waals surface area contributed by atoms with Crippen molar-refractivity contribution in [2.45, 2.75) is 13.8 Å². The van der Waals surface area contributed by atoms with Crippen molar-refractivity contribution >= 4 is 23.2 Å². The summed E-state index contributed by atoms with van der Waals surface area (Å²) in [7, 11) is 0. The molecular formula is C16H15N2O2. The molecule has 2 N–H and O–H groups in total. The maximum absolute atomic E-state index is 11.1. The number of rotatable bonds is 3. The van der Waals surface area contributed by atoms with Crippen LogP contribution in [-0.4, -0.2) is 11.8 Å². The molecule has 0 heterocycles. The second kappa shape index (κ2) is 6.02. The van der Waals surface area contributed by atoms with Gasteiger partial charge in [-0.15, -0.1) is 0 Å². The molecule has 2 rings (SSSR count). The Kier molecular flexibility index (Phi) is 4.15. The third kappa shape index (κ3) is 3.68. The zero-order valence-electron chi connectivity index (χ0n) is 11.4. The van der Waals surface area contributed by atoms with Gasteiger partial charge in [-0.05, 0) is 41.5 Å². The van der Waals surface area contributed by atoms with Crippen molar-refractivity contribution in [3.8, 4) is 11.1 Å². The minimum absolute atomic E-state index is 0.113. The van der Waals surface area contributed by atoms with E-state index < -0.39 is 0 Å². The summed E-state index contributed by atoms with van der Waals surface area (Å²) in [5.41, 5.74) is 3.22. The molecule has 0 aliphatic rings. The van der Waals surface area contributed by atoms with Gasteiger partial charge in [-0.3, -0.25) is 9.59 Å². The van der Waals surface area contributed by atoms with E-state index in [1.165, 1.54) is 13.8 Å². The van der Waals surface area contributed by atoms with Gasteiger partial charge in [0.05, 0.1) is 0 Å². The van der Waals surface area contributed by atoms with Gasteiger partial charge in [0.1, 0.15) is 0 Å². The molecule has 0 aliphatic carbocycles. The van der Waals surface area contributed by atoms with Crippen LogP contribution in [0.4, 0.5) is 11.4 Å². The van der Waals surface area contributed by atoms with E-state index in [4.69, 9.17) is 0 Å². The van der Waals surface area contributed by atoms with Crippen LogP contribution in [0.15, 0.2) is 42.5 Å². The van der Waals surface area contributed by atoms with Crippen LogP contribution in [0.1, 0.15) is 13.8 Å². The molecule has 4 heteroatoms. The molecule has 0 atom stereocenters. The zero-order valence-corrected chi connectivity index (χ0v) is 11.4. The Hall–Kier alpha value is -2.62. The molecule has 2 aromatic carbocycles. The number of carbonyl (C=O) groups excluding carboxylic acids is 2. The maximum atomic E-state index is 11.1. The number of anilines is 2. The Balaban J connectivity index is 2.31. The van der Waals surface area contributed by atoms with Crippen molar-refractivity contribution < 1.29 is 9.59 Å². The highest BCUT2D eigenvalue weighted by Gasteiger charge is 2.03. The summed E-state index contributed by atoms with van der Waals surface area (Å²) >= 11 is 0. The number of nitrogens with one attached hydrogen (secondary N) is 2. The molecule has 0 fully saturated rings. The normalized spacial score (nSPS) is 9.90. The Morgan fingerprint density at radius 2 is 1.60 bits per heavy atom. The highest BCUT2D eigenvalue weighted by atomic mass is 16.2.